The van der Waals surface area contributed by atoms with Gasteiger partial charge in [0, 0.05) is 12.6 Å². The third-order valence-corrected chi connectivity index (χ3v) is 3.88. The zero-order valence-corrected chi connectivity index (χ0v) is 12.5. The summed E-state index contributed by atoms with van der Waals surface area (Å²) in [5.74, 6) is 0. The monoisotopic (exact) mass is 261 g/mol. The summed E-state index contributed by atoms with van der Waals surface area (Å²) in [5, 5.41) is 3.49. The zero-order valence-electron chi connectivity index (χ0n) is 12.5. The van der Waals surface area contributed by atoms with E-state index in [1.165, 1.54) is 24.0 Å². The van der Waals surface area contributed by atoms with Crippen LogP contribution in [0.5, 0.6) is 0 Å². The quantitative estimate of drug-likeness (QED) is 0.839. The van der Waals surface area contributed by atoms with Crippen molar-refractivity contribution >= 4 is 0 Å². The molecule has 2 atom stereocenters. The van der Waals surface area contributed by atoms with E-state index in [1.54, 1.807) is 0 Å². The van der Waals surface area contributed by atoms with Crippen LogP contribution in [-0.2, 0) is 11.2 Å². The minimum atomic E-state index is 0.295. The van der Waals surface area contributed by atoms with Crippen molar-refractivity contribution in [2.24, 2.45) is 0 Å². The number of benzene rings is 1. The second kappa shape index (κ2) is 7.06. The Balaban J connectivity index is 1.98. The first-order valence-electron chi connectivity index (χ1n) is 7.67. The molecule has 1 aliphatic rings. The molecule has 0 bridgehead atoms. The first-order valence-corrected chi connectivity index (χ1v) is 7.67. The molecule has 0 saturated heterocycles. The van der Waals surface area contributed by atoms with Crippen LogP contribution in [0.1, 0.15) is 57.3 Å². The molecule has 0 fully saturated rings. The predicted molar refractivity (Wildman–Crippen MR) is 80.4 cm³/mol. The lowest BCUT2D eigenvalue weighted by molar-refractivity contribution is -0.0236. The predicted octanol–water partition coefficient (Wildman–Crippen LogP) is 3.86. The molecule has 0 aliphatic heterocycles. The van der Waals surface area contributed by atoms with Crippen molar-refractivity contribution in [1.82, 2.24) is 5.32 Å². The Labute approximate surface area is 117 Å². The Morgan fingerprint density at radius 1 is 1.32 bits per heavy atom. The van der Waals surface area contributed by atoms with Gasteiger partial charge in [0.25, 0.3) is 0 Å². The fraction of sp³-hybridized carbons (Fsp3) is 0.647. The van der Waals surface area contributed by atoms with Crippen molar-refractivity contribution in [2.45, 2.75) is 64.7 Å². The highest BCUT2D eigenvalue weighted by atomic mass is 16.5. The van der Waals surface area contributed by atoms with Crippen molar-refractivity contribution in [3.63, 3.8) is 0 Å². The van der Waals surface area contributed by atoms with Gasteiger partial charge in [-0.3, -0.25) is 0 Å². The van der Waals surface area contributed by atoms with Crippen LogP contribution in [0.25, 0.3) is 0 Å². The van der Waals surface area contributed by atoms with E-state index in [-0.39, 0.29) is 0 Å². The SMILES string of the molecule is CCC(CNC(C)C)OC1CCCc2ccccc21. The molecule has 1 N–H and O–H groups in total. The molecule has 1 aromatic carbocycles. The highest BCUT2D eigenvalue weighted by molar-refractivity contribution is 5.31. The molecular formula is C17H27NO. The fourth-order valence-corrected chi connectivity index (χ4v) is 2.74. The first kappa shape index (κ1) is 14.5. The van der Waals surface area contributed by atoms with Crippen molar-refractivity contribution in [1.29, 1.82) is 0 Å². The Morgan fingerprint density at radius 3 is 2.84 bits per heavy atom. The Morgan fingerprint density at radius 2 is 2.11 bits per heavy atom. The van der Waals surface area contributed by atoms with Gasteiger partial charge in [0.15, 0.2) is 0 Å². The van der Waals surface area contributed by atoms with Gasteiger partial charge in [0.05, 0.1) is 12.2 Å². The zero-order chi connectivity index (χ0) is 13.7. The van der Waals surface area contributed by atoms with E-state index in [2.05, 4.69) is 50.4 Å². The number of nitrogens with one attached hydrogen (secondary N) is 1. The lowest BCUT2D eigenvalue weighted by Crippen LogP contribution is -2.34. The Kier molecular flexibility index (Phi) is 5.41. The van der Waals surface area contributed by atoms with E-state index in [9.17, 15) is 0 Å². The van der Waals surface area contributed by atoms with Gasteiger partial charge in [-0.05, 0) is 36.8 Å². The number of fused-ring (bicyclic) bond motifs is 1. The summed E-state index contributed by atoms with van der Waals surface area (Å²) in [5.41, 5.74) is 2.89. The van der Waals surface area contributed by atoms with Crippen LogP contribution in [0.15, 0.2) is 24.3 Å². The van der Waals surface area contributed by atoms with E-state index in [0.29, 0.717) is 18.2 Å². The largest absolute Gasteiger partial charge is 0.369 e. The van der Waals surface area contributed by atoms with Gasteiger partial charge in [0.1, 0.15) is 0 Å². The lowest BCUT2D eigenvalue weighted by atomic mass is 9.89. The van der Waals surface area contributed by atoms with Crippen LogP contribution < -0.4 is 5.32 Å². The van der Waals surface area contributed by atoms with Crippen LogP contribution in [0.4, 0.5) is 0 Å². The van der Waals surface area contributed by atoms with Gasteiger partial charge in [-0.2, -0.15) is 0 Å². The first-order chi connectivity index (χ1) is 9.20. The number of hydrogen-bond donors (Lipinski definition) is 1. The molecule has 2 heteroatoms. The topological polar surface area (TPSA) is 21.3 Å². The summed E-state index contributed by atoms with van der Waals surface area (Å²) in [6.45, 7) is 7.53. The van der Waals surface area contributed by atoms with Crippen molar-refractivity contribution < 1.29 is 4.74 Å². The third-order valence-electron chi connectivity index (χ3n) is 3.88. The van der Waals surface area contributed by atoms with Crippen LogP contribution >= 0.6 is 0 Å². The molecule has 2 rings (SSSR count). The number of ether oxygens (including phenoxy) is 1. The molecule has 106 valence electrons. The molecule has 0 radical (unpaired) electrons. The van der Waals surface area contributed by atoms with Gasteiger partial charge in [-0.15, -0.1) is 0 Å². The molecular weight excluding hydrogens is 234 g/mol. The van der Waals surface area contributed by atoms with E-state index in [1.807, 2.05) is 0 Å². The number of rotatable bonds is 6. The van der Waals surface area contributed by atoms with Crippen molar-refractivity contribution in [3.8, 4) is 0 Å². The molecule has 0 spiro atoms. The second-order valence-corrected chi connectivity index (χ2v) is 5.81. The van der Waals surface area contributed by atoms with Crippen LogP contribution in [0.3, 0.4) is 0 Å². The molecule has 2 nitrogen and oxygen atoms in total. The average Bonchev–Trinajstić information content (AvgIpc) is 2.43. The van der Waals surface area contributed by atoms with E-state index in [4.69, 9.17) is 4.74 Å². The molecule has 19 heavy (non-hydrogen) atoms. The van der Waals surface area contributed by atoms with Crippen molar-refractivity contribution in [3.05, 3.63) is 35.4 Å². The Hall–Kier alpha value is -0.860. The molecule has 1 aromatic rings. The van der Waals surface area contributed by atoms with E-state index in [0.717, 1.165) is 19.4 Å². The highest BCUT2D eigenvalue weighted by Crippen LogP contribution is 2.33. The van der Waals surface area contributed by atoms with Crippen molar-refractivity contribution in [2.75, 3.05) is 6.54 Å². The van der Waals surface area contributed by atoms with Crippen LogP contribution in [-0.4, -0.2) is 18.7 Å². The maximum absolute atomic E-state index is 6.35. The summed E-state index contributed by atoms with van der Waals surface area (Å²) in [4.78, 5) is 0. The molecule has 1 aliphatic carbocycles. The molecule has 2 unspecified atom stereocenters. The minimum Gasteiger partial charge on any atom is -0.369 e. The molecule has 0 amide bonds. The standard InChI is InChI=1S/C17H27NO/c1-4-15(12-18-13(2)3)19-17-11-7-9-14-8-5-6-10-16(14)17/h5-6,8,10,13,15,17-18H,4,7,9,11-12H2,1-3H3. The number of hydrogen-bond acceptors (Lipinski definition) is 2. The van der Waals surface area contributed by atoms with E-state index >= 15 is 0 Å². The van der Waals surface area contributed by atoms with Gasteiger partial charge >= 0.3 is 0 Å². The maximum Gasteiger partial charge on any atom is 0.0832 e. The minimum absolute atomic E-state index is 0.295. The van der Waals surface area contributed by atoms with Crippen LogP contribution in [0, 0.1) is 0 Å². The van der Waals surface area contributed by atoms with Gasteiger partial charge in [-0.25, -0.2) is 0 Å². The summed E-state index contributed by atoms with van der Waals surface area (Å²) in [6.07, 6.45) is 5.29. The molecule has 0 heterocycles. The molecule has 0 saturated carbocycles. The second-order valence-electron chi connectivity index (χ2n) is 5.81. The van der Waals surface area contributed by atoms with Crippen LogP contribution in [0.2, 0.25) is 0 Å². The average molecular weight is 261 g/mol. The summed E-state index contributed by atoms with van der Waals surface area (Å²) < 4.78 is 6.35. The Bertz CT molecular complexity index is 389. The molecule has 0 aromatic heterocycles. The summed E-state index contributed by atoms with van der Waals surface area (Å²) in [7, 11) is 0. The fourth-order valence-electron chi connectivity index (χ4n) is 2.74. The smallest absolute Gasteiger partial charge is 0.0832 e. The normalized spacial score (nSPS) is 20.3. The van der Waals surface area contributed by atoms with E-state index < -0.39 is 0 Å². The van der Waals surface area contributed by atoms with Gasteiger partial charge in [-0.1, -0.05) is 45.0 Å². The van der Waals surface area contributed by atoms with Gasteiger partial charge < -0.3 is 10.1 Å². The van der Waals surface area contributed by atoms with Gasteiger partial charge in [0.2, 0.25) is 0 Å². The maximum atomic E-state index is 6.35. The lowest BCUT2D eigenvalue weighted by Gasteiger charge is -2.30. The highest BCUT2D eigenvalue weighted by Gasteiger charge is 2.23. The third kappa shape index (κ3) is 4.05. The number of aryl methyl sites for hydroxylation is 1. The summed E-state index contributed by atoms with van der Waals surface area (Å²) in [6, 6.07) is 9.28. The summed E-state index contributed by atoms with van der Waals surface area (Å²) >= 11 is 0.